The Kier molecular flexibility index (Phi) is 5.65. The van der Waals surface area contributed by atoms with E-state index in [1.54, 1.807) is 18.2 Å². The van der Waals surface area contributed by atoms with Crippen LogP contribution >= 0.6 is 11.6 Å². The van der Waals surface area contributed by atoms with E-state index in [2.05, 4.69) is 5.32 Å². The fourth-order valence-corrected chi connectivity index (χ4v) is 2.22. The molecule has 0 atom stereocenters. The molecule has 2 aromatic rings. The molecule has 0 aliphatic heterocycles. The lowest BCUT2D eigenvalue weighted by Crippen LogP contribution is -2.20. The summed E-state index contributed by atoms with van der Waals surface area (Å²) in [7, 11) is 4.37. The summed E-state index contributed by atoms with van der Waals surface area (Å²) in [6.07, 6.45) is 0. The quantitative estimate of drug-likeness (QED) is 0.663. The highest BCUT2D eigenvalue weighted by molar-refractivity contribution is 6.30. The van der Waals surface area contributed by atoms with Crippen LogP contribution in [0.15, 0.2) is 36.4 Å². The lowest BCUT2D eigenvalue weighted by molar-refractivity contribution is 0.0731. The van der Waals surface area contributed by atoms with Crippen molar-refractivity contribution in [1.29, 1.82) is 0 Å². The number of esters is 1. The minimum Gasteiger partial charge on any atom is -0.493 e. The Bertz CT molecular complexity index is 776. The summed E-state index contributed by atoms with van der Waals surface area (Å²) >= 11 is 5.87. The van der Waals surface area contributed by atoms with Gasteiger partial charge in [0.25, 0.3) is 5.91 Å². The number of halogens is 1. The number of rotatable bonds is 5. The highest BCUT2D eigenvalue weighted by atomic mass is 35.5. The van der Waals surface area contributed by atoms with Gasteiger partial charge in [0, 0.05) is 24.2 Å². The molecule has 0 fully saturated rings. The van der Waals surface area contributed by atoms with Crippen LogP contribution in [0.3, 0.4) is 0 Å². The molecule has 0 aromatic heterocycles. The van der Waals surface area contributed by atoms with Gasteiger partial charge in [-0.1, -0.05) is 17.7 Å². The first-order valence-electron chi connectivity index (χ1n) is 6.96. The molecule has 0 aliphatic rings. The Labute approximate surface area is 144 Å². The molecule has 0 spiro atoms. The molecule has 0 saturated carbocycles. The molecule has 1 amide bonds. The fraction of sp³-hybridized carbons (Fsp3) is 0.176. The molecule has 126 valence electrons. The maximum absolute atomic E-state index is 12.3. The second-order valence-electron chi connectivity index (χ2n) is 4.68. The number of ether oxygens (including phenoxy) is 3. The number of methoxy groups -OCH3 is 2. The van der Waals surface area contributed by atoms with Gasteiger partial charge in [-0.2, -0.15) is 0 Å². The van der Waals surface area contributed by atoms with Crippen molar-refractivity contribution in [2.75, 3.05) is 21.3 Å². The zero-order valence-corrected chi connectivity index (χ0v) is 14.1. The maximum atomic E-state index is 12.3. The third-order valence-electron chi connectivity index (χ3n) is 3.22. The van der Waals surface area contributed by atoms with E-state index in [0.29, 0.717) is 16.5 Å². The second-order valence-corrected chi connectivity index (χ2v) is 5.12. The van der Waals surface area contributed by atoms with Crippen molar-refractivity contribution in [2.24, 2.45) is 0 Å². The predicted molar refractivity (Wildman–Crippen MR) is 89.3 cm³/mol. The van der Waals surface area contributed by atoms with E-state index in [1.165, 1.54) is 39.5 Å². The van der Waals surface area contributed by atoms with Gasteiger partial charge < -0.3 is 19.5 Å². The van der Waals surface area contributed by atoms with E-state index in [-0.39, 0.29) is 16.9 Å². The van der Waals surface area contributed by atoms with Crippen LogP contribution in [0.5, 0.6) is 17.2 Å². The number of nitrogens with one attached hydrogen (secondary N) is 1. The minimum atomic E-state index is -0.644. The van der Waals surface area contributed by atoms with Gasteiger partial charge in [0.15, 0.2) is 11.5 Å². The molecule has 7 heteroatoms. The van der Waals surface area contributed by atoms with Gasteiger partial charge in [0.2, 0.25) is 0 Å². The Morgan fingerprint density at radius 2 is 1.67 bits per heavy atom. The van der Waals surface area contributed by atoms with E-state index < -0.39 is 11.9 Å². The predicted octanol–water partition coefficient (Wildman–Crippen LogP) is 2.94. The van der Waals surface area contributed by atoms with Gasteiger partial charge in [-0.3, -0.25) is 4.79 Å². The number of hydrogen-bond acceptors (Lipinski definition) is 5. The molecule has 24 heavy (non-hydrogen) atoms. The van der Waals surface area contributed by atoms with Crippen LogP contribution in [0.2, 0.25) is 5.02 Å². The molecule has 0 aliphatic carbocycles. The van der Waals surface area contributed by atoms with Crippen molar-refractivity contribution in [3.05, 3.63) is 52.5 Å². The number of carbonyl (C=O) groups excluding carboxylic acids is 2. The van der Waals surface area contributed by atoms with Crippen LogP contribution in [0.4, 0.5) is 0 Å². The third kappa shape index (κ3) is 3.78. The summed E-state index contributed by atoms with van der Waals surface area (Å²) in [6, 6.07) is 9.18. The van der Waals surface area contributed by atoms with Gasteiger partial charge in [-0.05, 0) is 18.2 Å². The van der Waals surface area contributed by atoms with E-state index in [9.17, 15) is 9.59 Å². The van der Waals surface area contributed by atoms with Gasteiger partial charge in [0.05, 0.1) is 25.3 Å². The van der Waals surface area contributed by atoms with Crippen molar-refractivity contribution in [1.82, 2.24) is 5.32 Å². The number of benzene rings is 2. The lowest BCUT2D eigenvalue weighted by Gasteiger charge is -2.14. The molecular formula is C17H16ClNO5. The van der Waals surface area contributed by atoms with Crippen molar-refractivity contribution in [3.8, 4) is 17.2 Å². The van der Waals surface area contributed by atoms with Crippen LogP contribution in [0.25, 0.3) is 0 Å². The monoisotopic (exact) mass is 349 g/mol. The van der Waals surface area contributed by atoms with Gasteiger partial charge in [-0.25, -0.2) is 4.79 Å². The largest absolute Gasteiger partial charge is 0.493 e. The van der Waals surface area contributed by atoms with Gasteiger partial charge in [0.1, 0.15) is 5.75 Å². The average Bonchev–Trinajstić information content (AvgIpc) is 2.60. The van der Waals surface area contributed by atoms with Crippen LogP contribution in [-0.4, -0.2) is 33.1 Å². The summed E-state index contributed by atoms with van der Waals surface area (Å²) < 4.78 is 15.7. The van der Waals surface area contributed by atoms with Crippen LogP contribution < -0.4 is 19.5 Å². The molecule has 0 saturated heterocycles. The molecular weight excluding hydrogens is 334 g/mol. The summed E-state index contributed by atoms with van der Waals surface area (Å²) in [6.45, 7) is 0. The first kappa shape index (κ1) is 17.6. The number of carbonyl (C=O) groups is 2. The molecule has 0 radical (unpaired) electrons. The normalized spacial score (nSPS) is 10.0. The first-order valence-corrected chi connectivity index (χ1v) is 7.33. The van der Waals surface area contributed by atoms with Crippen LogP contribution in [0.1, 0.15) is 20.7 Å². The molecule has 6 nitrogen and oxygen atoms in total. The molecule has 0 heterocycles. The van der Waals surface area contributed by atoms with Crippen molar-refractivity contribution in [2.45, 2.75) is 0 Å². The molecule has 2 rings (SSSR count). The van der Waals surface area contributed by atoms with Crippen LogP contribution in [-0.2, 0) is 0 Å². The topological polar surface area (TPSA) is 73.9 Å². The fourth-order valence-electron chi connectivity index (χ4n) is 2.03. The van der Waals surface area contributed by atoms with E-state index in [4.69, 9.17) is 25.8 Å². The third-order valence-corrected chi connectivity index (χ3v) is 3.46. The Morgan fingerprint density at radius 3 is 2.25 bits per heavy atom. The van der Waals surface area contributed by atoms with Crippen molar-refractivity contribution < 1.29 is 23.8 Å². The summed E-state index contributed by atoms with van der Waals surface area (Å²) in [4.78, 5) is 24.4. The molecule has 2 aromatic carbocycles. The van der Waals surface area contributed by atoms with E-state index in [1.807, 2.05) is 0 Å². The highest BCUT2D eigenvalue weighted by Crippen LogP contribution is 2.35. The van der Waals surface area contributed by atoms with Crippen LogP contribution in [0, 0.1) is 0 Å². The zero-order valence-electron chi connectivity index (χ0n) is 13.4. The second kappa shape index (κ2) is 7.70. The van der Waals surface area contributed by atoms with Crippen molar-refractivity contribution in [3.63, 3.8) is 0 Å². The number of hydrogen-bond donors (Lipinski definition) is 1. The molecule has 1 N–H and O–H groups in total. The van der Waals surface area contributed by atoms with Crippen molar-refractivity contribution >= 4 is 23.5 Å². The first-order chi connectivity index (χ1) is 11.5. The highest BCUT2D eigenvalue weighted by Gasteiger charge is 2.20. The SMILES string of the molecule is CNC(=O)c1cc(OC)c(OC)cc1OC(=O)c1cccc(Cl)c1. The number of amides is 1. The zero-order chi connectivity index (χ0) is 17.7. The smallest absolute Gasteiger partial charge is 0.343 e. The standard InChI is InChI=1S/C17H16ClNO5/c1-19-16(20)12-8-14(22-2)15(23-3)9-13(12)24-17(21)10-5-4-6-11(18)7-10/h4-9H,1-3H3,(H,19,20). The molecule has 0 bridgehead atoms. The molecule has 0 unspecified atom stereocenters. The van der Waals surface area contributed by atoms with Gasteiger partial charge in [-0.15, -0.1) is 0 Å². The maximum Gasteiger partial charge on any atom is 0.343 e. The summed E-state index contributed by atoms with van der Waals surface area (Å²) in [5.41, 5.74) is 0.408. The average molecular weight is 350 g/mol. The van der Waals surface area contributed by atoms with E-state index >= 15 is 0 Å². The Morgan fingerprint density at radius 1 is 1.00 bits per heavy atom. The van der Waals surface area contributed by atoms with Gasteiger partial charge >= 0.3 is 5.97 Å². The summed E-state index contributed by atoms with van der Waals surface area (Å²) in [5.74, 6) is -0.339. The Hall–Kier alpha value is -2.73. The Balaban J connectivity index is 2.43. The van der Waals surface area contributed by atoms with E-state index in [0.717, 1.165) is 0 Å². The minimum absolute atomic E-state index is 0.0528. The lowest BCUT2D eigenvalue weighted by atomic mass is 10.1. The summed E-state index contributed by atoms with van der Waals surface area (Å²) in [5, 5.41) is 2.89.